The van der Waals surface area contributed by atoms with Crippen LogP contribution in [0, 0.1) is 17.1 Å². The highest BCUT2D eigenvalue weighted by atomic mass is 19.1. The zero-order chi connectivity index (χ0) is 21.4. The molecular weight excluding hydrogens is 387 g/mol. The number of aromatic nitrogens is 3. The SMILES string of the molecule is CON1Cc2ccc(F)cc2[C@@H](C)Oc2cc(cnc2N)-c2c(nn(C)c2C#N)C1. The third-order valence-electron chi connectivity index (χ3n) is 5.18. The topological polar surface area (TPSA) is 102 Å². The first-order chi connectivity index (χ1) is 14.4. The van der Waals surface area contributed by atoms with Gasteiger partial charge in [-0.15, -0.1) is 0 Å². The second-order valence-electron chi connectivity index (χ2n) is 7.10. The maximum atomic E-state index is 14.0. The summed E-state index contributed by atoms with van der Waals surface area (Å²) in [4.78, 5) is 9.81. The second-order valence-corrected chi connectivity index (χ2v) is 7.10. The molecule has 0 radical (unpaired) electrons. The van der Waals surface area contributed by atoms with Gasteiger partial charge in [-0.05, 0) is 36.2 Å². The van der Waals surface area contributed by atoms with Crippen LogP contribution in [-0.2, 0) is 25.0 Å². The first kappa shape index (κ1) is 19.8. The Kier molecular flexibility index (Phi) is 5.11. The molecule has 30 heavy (non-hydrogen) atoms. The summed E-state index contributed by atoms with van der Waals surface area (Å²) in [5.74, 6) is 0.215. The lowest BCUT2D eigenvalue weighted by atomic mass is 10.0. The van der Waals surface area contributed by atoms with Crippen molar-refractivity contribution in [1.82, 2.24) is 19.8 Å². The van der Waals surface area contributed by atoms with Gasteiger partial charge in [-0.2, -0.15) is 15.4 Å². The number of hydrogen-bond acceptors (Lipinski definition) is 7. The quantitative estimate of drug-likeness (QED) is 0.660. The number of hydroxylamine groups is 2. The van der Waals surface area contributed by atoms with E-state index in [1.807, 2.05) is 6.92 Å². The number of ether oxygens (including phenoxy) is 1. The zero-order valence-corrected chi connectivity index (χ0v) is 16.9. The predicted octanol–water partition coefficient (Wildman–Crippen LogP) is 3.09. The van der Waals surface area contributed by atoms with Crippen LogP contribution in [0.25, 0.3) is 11.1 Å². The molecule has 4 rings (SSSR count). The van der Waals surface area contributed by atoms with E-state index in [2.05, 4.69) is 16.2 Å². The number of benzene rings is 1. The summed E-state index contributed by atoms with van der Waals surface area (Å²) in [6.45, 7) is 2.51. The van der Waals surface area contributed by atoms with Gasteiger partial charge in [-0.25, -0.2) is 9.37 Å². The van der Waals surface area contributed by atoms with Gasteiger partial charge in [0.2, 0.25) is 0 Å². The number of nitrogens with two attached hydrogens (primary N) is 1. The third kappa shape index (κ3) is 3.47. The Morgan fingerprint density at radius 3 is 2.87 bits per heavy atom. The highest BCUT2D eigenvalue weighted by Crippen LogP contribution is 2.35. The Labute approximate surface area is 173 Å². The van der Waals surface area contributed by atoms with Crippen LogP contribution >= 0.6 is 0 Å². The first-order valence-electron chi connectivity index (χ1n) is 9.37. The van der Waals surface area contributed by atoms with E-state index in [0.29, 0.717) is 46.9 Å². The average Bonchev–Trinajstić information content (AvgIpc) is 3.04. The van der Waals surface area contributed by atoms with Gasteiger partial charge in [0.15, 0.2) is 11.6 Å². The normalized spacial score (nSPS) is 16.4. The molecule has 1 atom stereocenters. The highest BCUT2D eigenvalue weighted by Gasteiger charge is 2.24. The predicted molar refractivity (Wildman–Crippen MR) is 107 cm³/mol. The number of nitriles is 1. The fourth-order valence-corrected chi connectivity index (χ4v) is 3.69. The molecule has 2 N–H and O–H groups in total. The van der Waals surface area contributed by atoms with Crippen molar-refractivity contribution in [2.45, 2.75) is 26.1 Å². The Bertz CT molecular complexity index is 1150. The van der Waals surface area contributed by atoms with Crippen molar-refractivity contribution in [3.63, 3.8) is 0 Å². The monoisotopic (exact) mass is 408 g/mol. The average molecular weight is 408 g/mol. The summed E-state index contributed by atoms with van der Waals surface area (Å²) in [7, 11) is 3.27. The number of halogens is 1. The summed E-state index contributed by atoms with van der Waals surface area (Å²) < 4.78 is 21.6. The molecule has 0 fully saturated rings. The first-order valence-corrected chi connectivity index (χ1v) is 9.37. The van der Waals surface area contributed by atoms with Crippen LogP contribution < -0.4 is 10.5 Å². The van der Waals surface area contributed by atoms with Crippen LogP contribution in [0.3, 0.4) is 0 Å². The summed E-state index contributed by atoms with van der Waals surface area (Å²) in [5.41, 5.74) is 9.90. The molecule has 0 aliphatic carbocycles. The molecule has 0 amide bonds. The van der Waals surface area contributed by atoms with Gasteiger partial charge >= 0.3 is 0 Å². The number of nitrogens with zero attached hydrogens (tertiary/aromatic N) is 5. The fraction of sp³-hybridized carbons (Fsp3) is 0.286. The van der Waals surface area contributed by atoms with E-state index >= 15 is 0 Å². The lowest BCUT2D eigenvalue weighted by molar-refractivity contribution is -0.147. The molecule has 0 spiro atoms. The molecule has 9 heteroatoms. The molecule has 0 saturated heterocycles. The van der Waals surface area contributed by atoms with Crippen LogP contribution in [0.4, 0.5) is 10.2 Å². The van der Waals surface area contributed by atoms with Gasteiger partial charge in [-0.3, -0.25) is 4.68 Å². The number of nitrogen functional groups attached to an aromatic ring is 1. The number of rotatable bonds is 1. The fourth-order valence-electron chi connectivity index (χ4n) is 3.69. The molecule has 8 nitrogen and oxygen atoms in total. The van der Waals surface area contributed by atoms with Crippen molar-refractivity contribution in [1.29, 1.82) is 5.26 Å². The highest BCUT2D eigenvalue weighted by molar-refractivity contribution is 5.73. The molecule has 0 unspecified atom stereocenters. The molecule has 1 aliphatic rings. The van der Waals surface area contributed by atoms with Crippen molar-refractivity contribution in [2.24, 2.45) is 7.05 Å². The van der Waals surface area contributed by atoms with E-state index in [1.165, 1.54) is 16.8 Å². The zero-order valence-electron chi connectivity index (χ0n) is 16.9. The molecule has 154 valence electrons. The van der Waals surface area contributed by atoms with E-state index < -0.39 is 6.10 Å². The molecular formula is C21H21FN6O2. The lowest BCUT2D eigenvalue weighted by Crippen LogP contribution is -2.24. The molecule has 1 aromatic carbocycles. The number of anilines is 1. The molecule has 0 saturated carbocycles. The van der Waals surface area contributed by atoms with Crippen molar-refractivity contribution in [3.05, 3.63) is 58.8 Å². The van der Waals surface area contributed by atoms with Crippen LogP contribution in [0.1, 0.15) is 35.5 Å². The third-order valence-corrected chi connectivity index (χ3v) is 5.18. The lowest BCUT2D eigenvalue weighted by Gasteiger charge is -2.25. The minimum atomic E-state index is -0.489. The number of pyridine rings is 1. The number of fused-ring (bicyclic) bond motifs is 5. The van der Waals surface area contributed by atoms with Crippen molar-refractivity contribution < 1.29 is 14.0 Å². The number of aryl methyl sites for hydroxylation is 1. The second kappa shape index (κ2) is 7.74. The molecule has 2 bridgehead atoms. The van der Waals surface area contributed by atoms with Crippen LogP contribution in [0.5, 0.6) is 5.75 Å². The van der Waals surface area contributed by atoms with Gasteiger partial charge in [0.25, 0.3) is 0 Å². The number of hydrogen-bond donors (Lipinski definition) is 1. The van der Waals surface area contributed by atoms with Gasteiger partial charge in [-0.1, -0.05) is 6.07 Å². The van der Waals surface area contributed by atoms with Crippen molar-refractivity contribution in [3.8, 4) is 22.9 Å². The van der Waals surface area contributed by atoms with Gasteiger partial charge < -0.3 is 15.3 Å². The minimum absolute atomic E-state index is 0.211. The molecule has 1 aliphatic heterocycles. The summed E-state index contributed by atoms with van der Waals surface area (Å²) in [6.07, 6.45) is 1.10. The summed E-state index contributed by atoms with van der Waals surface area (Å²) in [6, 6.07) is 8.50. The largest absolute Gasteiger partial charge is 0.482 e. The van der Waals surface area contributed by atoms with E-state index in [4.69, 9.17) is 15.3 Å². The van der Waals surface area contributed by atoms with Gasteiger partial charge in [0.05, 0.1) is 19.3 Å². The van der Waals surface area contributed by atoms with Crippen molar-refractivity contribution in [2.75, 3.05) is 12.8 Å². The maximum absolute atomic E-state index is 14.0. The Hall–Kier alpha value is -3.48. The molecule has 3 aromatic rings. The summed E-state index contributed by atoms with van der Waals surface area (Å²) in [5, 5.41) is 15.9. The Balaban J connectivity index is 1.94. The maximum Gasteiger partial charge on any atom is 0.166 e. The molecule has 3 heterocycles. The standard InChI is InChI=1S/C21H21FN6O2/c1-12-16-7-15(22)5-4-13(16)10-28(29-3)11-17-20(18(8-23)27(2)26-17)14-6-19(30-12)21(24)25-9-14/h4-7,9,12H,10-11H2,1-3H3,(H2,24,25)/t12-/m1/s1. The Morgan fingerprint density at radius 2 is 2.13 bits per heavy atom. The Morgan fingerprint density at radius 1 is 1.33 bits per heavy atom. The van der Waals surface area contributed by atoms with Crippen molar-refractivity contribution >= 4 is 5.82 Å². The van der Waals surface area contributed by atoms with E-state index in [0.717, 1.165) is 5.56 Å². The van der Waals surface area contributed by atoms with Crippen LogP contribution in [0.15, 0.2) is 30.5 Å². The van der Waals surface area contributed by atoms with Crippen LogP contribution in [-0.4, -0.2) is 26.9 Å². The van der Waals surface area contributed by atoms with Crippen LogP contribution in [0.2, 0.25) is 0 Å². The molecule has 2 aromatic heterocycles. The van der Waals surface area contributed by atoms with E-state index in [9.17, 15) is 9.65 Å². The van der Waals surface area contributed by atoms with Gasteiger partial charge in [0, 0.05) is 30.9 Å². The van der Waals surface area contributed by atoms with E-state index in [1.54, 1.807) is 37.6 Å². The smallest absolute Gasteiger partial charge is 0.166 e. The summed E-state index contributed by atoms with van der Waals surface area (Å²) >= 11 is 0. The van der Waals surface area contributed by atoms with Gasteiger partial charge in [0.1, 0.15) is 23.7 Å². The minimum Gasteiger partial charge on any atom is -0.482 e. The van der Waals surface area contributed by atoms with E-state index in [-0.39, 0.29) is 11.6 Å².